The smallest absolute Gasteiger partial charge is 0.228 e. The van der Waals surface area contributed by atoms with Gasteiger partial charge in [-0.3, -0.25) is 0 Å². The van der Waals surface area contributed by atoms with E-state index in [-0.39, 0.29) is 0 Å². The number of nitrogens with one attached hydrogen (secondary N) is 1. The van der Waals surface area contributed by atoms with Crippen molar-refractivity contribution in [3.63, 3.8) is 0 Å². The minimum absolute atomic E-state index is 0.429. The molecule has 84 valence electrons. The molecule has 0 fully saturated rings. The zero-order chi connectivity index (χ0) is 11.8. The Bertz CT molecular complexity index is 418. The van der Waals surface area contributed by atoms with Gasteiger partial charge in [0, 0.05) is 11.9 Å². The molecule has 1 aromatic carbocycles. The van der Waals surface area contributed by atoms with Crippen molar-refractivity contribution in [2.45, 2.75) is 13.8 Å². The lowest BCUT2D eigenvalue weighted by Gasteiger charge is -2.03. The van der Waals surface area contributed by atoms with Gasteiger partial charge in [0.1, 0.15) is 5.15 Å². The van der Waals surface area contributed by atoms with E-state index < -0.39 is 0 Å². The molecule has 0 aliphatic heterocycles. The largest absolute Gasteiger partial charge is 0.324 e. The monoisotopic (exact) mass is 235 g/mol. The highest BCUT2D eigenvalue weighted by molar-refractivity contribution is 6.29. The molecule has 0 unspecified atom stereocenters. The quantitative estimate of drug-likeness (QED) is 0.803. The fourth-order valence-corrected chi connectivity index (χ4v) is 1.18. The zero-order valence-electron chi connectivity index (χ0n) is 9.31. The second-order valence-corrected chi connectivity index (χ2v) is 3.08. The summed E-state index contributed by atoms with van der Waals surface area (Å²) in [6.07, 6.45) is 1.61. The maximum atomic E-state index is 5.72. The summed E-state index contributed by atoms with van der Waals surface area (Å²) in [7, 11) is 0. The average Bonchev–Trinajstić information content (AvgIpc) is 2.33. The molecule has 2 rings (SSSR count). The maximum absolute atomic E-state index is 5.72. The third-order valence-corrected chi connectivity index (χ3v) is 1.86. The van der Waals surface area contributed by atoms with Gasteiger partial charge in [-0.25, -0.2) is 9.97 Å². The van der Waals surface area contributed by atoms with Gasteiger partial charge in [-0.15, -0.1) is 0 Å². The first-order valence-corrected chi connectivity index (χ1v) is 5.53. The molecule has 16 heavy (non-hydrogen) atoms. The maximum Gasteiger partial charge on any atom is 0.228 e. The molecule has 0 aliphatic rings. The van der Waals surface area contributed by atoms with E-state index in [4.69, 9.17) is 11.6 Å². The summed E-state index contributed by atoms with van der Waals surface area (Å²) in [5.41, 5.74) is 0.940. The lowest BCUT2D eigenvalue weighted by atomic mass is 10.3. The Kier molecular flexibility index (Phi) is 5.29. The van der Waals surface area contributed by atoms with E-state index in [1.54, 1.807) is 12.3 Å². The molecule has 0 atom stereocenters. The predicted octanol–water partition coefficient (Wildman–Crippen LogP) is 3.90. The van der Waals surface area contributed by atoms with Gasteiger partial charge in [0.25, 0.3) is 0 Å². The first-order chi connectivity index (χ1) is 7.84. The summed E-state index contributed by atoms with van der Waals surface area (Å²) in [4.78, 5) is 8.04. The number of anilines is 2. The molecule has 1 N–H and O–H groups in total. The average molecular weight is 236 g/mol. The number of nitrogens with zero attached hydrogens (tertiary/aromatic N) is 2. The molecule has 2 aromatic rings. The van der Waals surface area contributed by atoms with E-state index in [2.05, 4.69) is 15.3 Å². The van der Waals surface area contributed by atoms with E-state index in [1.807, 2.05) is 44.2 Å². The fourth-order valence-electron chi connectivity index (χ4n) is 1.05. The summed E-state index contributed by atoms with van der Waals surface area (Å²) >= 11 is 5.72. The Morgan fingerprint density at radius 3 is 2.38 bits per heavy atom. The Morgan fingerprint density at radius 1 is 1.06 bits per heavy atom. The first kappa shape index (κ1) is 12.5. The van der Waals surface area contributed by atoms with E-state index >= 15 is 0 Å². The van der Waals surface area contributed by atoms with Crippen LogP contribution in [0.1, 0.15) is 13.8 Å². The van der Waals surface area contributed by atoms with Crippen LogP contribution >= 0.6 is 11.6 Å². The Labute approximate surface area is 101 Å². The van der Waals surface area contributed by atoms with E-state index in [0.29, 0.717) is 11.1 Å². The number of aromatic nitrogens is 2. The van der Waals surface area contributed by atoms with Crippen molar-refractivity contribution >= 4 is 23.2 Å². The molecule has 0 spiro atoms. The van der Waals surface area contributed by atoms with Gasteiger partial charge in [-0.1, -0.05) is 43.6 Å². The summed E-state index contributed by atoms with van der Waals surface area (Å²) < 4.78 is 0. The molecule has 0 bridgehead atoms. The van der Waals surface area contributed by atoms with Crippen LogP contribution in [0.15, 0.2) is 42.6 Å². The van der Waals surface area contributed by atoms with Crippen LogP contribution in [0.2, 0.25) is 5.15 Å². The Balaban J connectivity index is 0.000000606. The number of para-hydroxylation sites is 1. The molecular formula is C12H14ClN3. The molecular weight excluding hydrogens is 222 g/mol. The fraction of sp³-hybridized carbons (Fsp3) is 0.167. The van der Waals surface area contributed by atoms with Crippen LogP contribution < -0.4 is 5.32 Å². The number of benzene rings is 1. The molecule has 1 aromatic heterocycles. The third-order valence-electron chi connectivity index (χ3n) is 1.65. The topological polar surface area (TPSA) is 37.8 Å². The molecule has 0 saturated carbocycles. The number of hydrogen-bond acceptors (Lipinski definition) is 3. The normalized spacial score (nSPS) is 8.94. The highest BCUT2D eigenvalue weighted by Crippen LogP contribution is 2.12. The molecule has 3 nitrogen and oxygen atoms in total. The van der Waals surface area contributed by atoms with Crippen LogP contribution in [-0.4, -0.2) is 9.97 Å². The molecule has 0 amide bonds. The number of halogens is 1. The van der Waals surface area contributed by atoms with Crippen molar-refractivity contribution in [2.75, 3.05) is 5.32 Å². The van der Waals surface area contributed by atoms with Gasteiger partial charge < -0.3 is 5.32 Å². The van der Waals surface area contributed by atoms with Crippen molar-refractivity contribution in [1.29, 1.82) is 0 Å². The lowest BCUT2D eigenvalue weighted by Crippen LogP contribution is -1.95. The van der Waals surface area contributed by atoms with Crippen molar-refractivity contribution in [3.05, 3.63) is 47.7 Å². The van der Waals surface area contributed by atoms with E-state index in [9.17, 15) is 0 Å². The second kappa shape index (κ2) is 6.80. The standard InChI is InChI=1S/C10H8ClN3.C2H6/c11-9-6-7-12-10(14-9)13-8-4-2-1-3-5-8;1-2/h1-7H,(H,12,13,14);1-2H3. The van der Waals surface area contributed by atoms with Gasteiger partial charge in [0.15, 0.2) is 0 Å². The van der Waals surface area contributed by atoms with Gasteiger partial charge in [-0.2, -0.15) is 0 Å². The molecule has 4 heteroatoms. The molecule has 0 saturated heterocycles. The first-order valence-electron chi connectivity index (χ1n) is 5.15. The minimum Gasteiger partial charge on any atom is -0.324 e. The predicted molar refractivity (Wildman–Crippen MR) is 68.1 cm³/mol. The van der Waals surface area contributed by atoms with Gasteiger partial charge in [-0.05, 0) is 18.2 Å². The summed E-state index contributed by atoms with van der Waals surface area (Å²) in [6, 6.07) is 11.3. The summed E-state index contributed by atoms with van der Waals surface area (Å²) in [5, 5.41) is 3.47. The minimum atomic E-state index is 0.429. The van der Waals surface area contributed by atoms with Crippen LogP contribution in [0.25, 0.3) is 0 Å². The second-order valence-electron chi connectivity index (χ2n) is 2.69. The van der Waals surface area contributed by atoms with Gasteiger partial charge >= 0.3 is 0 Å². The van der Waals surface area contributed by atoms with Crippen molar-refractivity contribution < 1.29 is 0 Å². The molecule has 0 radical (unpaired) electrons. The van der Waals surface area contributed by atoms with E-state index in [0.717, 1.165) is 5.69 Å². The van der Waals surface area contributed by atoms with E-state index in [1.165, 1.54) is 0 Å². The third kappa shape index (κ3) is 3.87. The van der Waals surface area contributed by atoms with Crippen LogP contribution in [-0.2, 0) is 0 Å². The highest BCUT2D eigenvalue weighted by Gasteiger charge is 1.96. The van der Waals surface area contributed by atoms with Crippen molar-refractivity contribution in [3.8, 4) is 0 Å². The zero-order valence-corrected chi connectivity index (χ0v) is 10.1. The van der Waals surface area contributed by atoms with Crippen LogP contribution in [0.5, 0.6) is 0 Å². The number of hydrogen-bond donors (Lipinski definition) is 1. The highest BCUT2D eigenvalue weighted by atomic mass is 35.5. The van der Waals surface area contributed by atoms with Crippen LogP contribution in [0.4, 0.5) is 11.6 Å². The summed E-state index contributed by atoms with van der Waals surface area (Å²) in [5.74, 6) is 0.503. The van der Waals surface area contributed by atoms with Crippen LogP contribution in [0, 0.1) is 0 Å². The van der Waals surface area contributed by atoms with Crippen molar-refractivity contribution in [2.24, 2.45) is 0 Å². The van der Waals surface area contributed by atoms with Crippen molar-refractivity contribution in [1.82, 2.24) is 9.97 Å². The van der Waals surface area contributed by atoms with Crippen LogP contribution in [0.3, 0.4) is 0 Å². The van der Waals surface area contributed by atoms with Gasteiger partial charge in [0.2, 0.25) is 5.95 Å². The van der Waals surface area contributed by atoms with Gasteiger partial charge in [0.05, 0.1) is 0 Å². The Hall–Kier alpha value is -1.61. The molecule has 0 aliphatic carbocycles. The molecule has 1 heterocycles. The SMILES string of the molecule is CC.Clc1ccnc(Nc2ccccc2)n1. The lowest BCUT2D eigenvalue weighted by molar-refractivity contribution is 1.17. The number of rotatable bonds is 2. The summed E-state index contributed by atoms with van der Waals surface area (Å²) in [6.45, 7) is 4.00. The Morgan fingerprint density at radius 2 is 1.75 bits per heavy atom.